The lowest BCUT2D eigenvalue weighted by molar-refractivity contribution is 0.134. The van der Waals surface area contributed by atoms with E-state index in [1.807, 2.05) is 0 Å². The molecule has 0 bridgehead atoms. The Kier molecular flexibility index (Phi) is 1.46. The molecular weight excluding hydrogens is 136 g/mol. The molecule has 0 radical (unpaired) electrons. The number of hydrogen-bond acceptors (Lipinski definition) is 2. The first-order valence-corrected chi connectivity index (χ1v) is 4.15. The highest BCUT2D eigenvalue weighted by molar-refractivity contribution is 5.09. The van der Waals surface area contributed by atoms with E-state index in [0.29, 0.717) is 0 Å². The minimum Gasteiger partial charge on any atom is -0.158 e. The topological polar surface area (TPSA) is 24.7 Å². The third-order valence-electron chi connectivity index (χ3n) is 2.39. The summed E-state index contributed by atoms with van der Waals surface area (Å²) in [5.74, 6) is 0. The van der Waals surface area contributed by atoms with Crippen LogP contribution in [0, 0.1) is 10.8 Å². The Labute approximate surface area is 69.1 Å². The van der Waals surface area contributed by atoms with Crippen molar-refractivity contribution in [2.45, 2.75) is 47.2 Å². The summed E-state index contributed by atoms with van der Waals surface area (Å²) in [6.45, 7) is 13.2. The standard InChI is InChI=1S/C9H18N2/c1-7(2,3)9(10-11-9)8(4,5)6/h1-6H3. The van der Waals surface area contributed by atoms with Gasteiger partial charge in [-0.1, -0.05) is 41.5 Å². The molecule has 0 saturated carbocycles. The zero-order chi connectivity index (χ0) is 8.91. The van der Waals surface area contributed by atoms with E-state index in [2.05, 4.69) is 51.8 Å². The van der Waals surface area contributed by atoms with Crippen LogP contribution >= 0.6 is 0 Å². The molecule has 64 valence electrons. The van der Waals surface area contributed by atoms with Gasteiger partial charge in [0.25, 0.3) is 0 Å². The molecule has 0 aliphatic carbocycles. The van der Waals surface area contributed by atoms with E-state index in [1.54, 1.807) is 0 Å². The van der Waals surface area contributed by atoms with Crippen LogP contribution in [0.4, 0.5) is 0 Å². The molecule has 1 heterocycles. The van der Waals surface area contributed by atoms with Crippen molar-refractivity contribution in [2.75, 3.05) is 0 Å². The van der Waals surface area contributed by atoms with Crippen molar-refractivity contribution in [3.05, 3.63) is 0 Å². The van der Waals surface area contributed by atoms with E-state index in [0.717, 1.165) is 0 Å². The maximum atomic E-state index is 4.20. The molecule has 0 aromatic rings. The summed E-state index contributed by atoms with van der Waals surface area (Å²) in [5.41, 5.74) is 0.191. The van der Waals surface area contributed by atoms with Gasteiger partial charge in [-0.2, -0.15) is 10.2 Å². The molecule has 0 aromatic heterocycles. The summed E-state index contributed by atoms with van der Waals surface area (Å²) in [5, 5.41) is 8.40. The first-order chi connectivity index (χ1) is 4.71. The summed E-state index contributed by atoms with van der Waals surface area (Å²) in [6, 6.07) is 0. The Bertz CT molecular complexity index is 169. The number of rotatable bonds is 0. The molecule has 0 fully saturated rings. The molecule has 11 heavy (non-hydrogen) atoms. The van der Waals surface area contributed by atoms with Crippen LogP contribution in [-0.4, -0.2) is 5.66 Å². The van der Waals surface area contributed by atoms with Crippen LogP contribution in [0.25, 0.3) is 0 Å². The summed E-state index contributed by atoms with van der Waals surface area (Å²) < 4.78 is 0. The van der Waals surface area contributed by atoms with Crippen molar-refractivity contribution in [1.82, 2.24) is 0 Å². The lowest BCUT2D eigenvalue weighted by Crippen LogP contribution is -2.41. The van der Waals surface area contributed by atoms with Gasteiger partial charge in [-0.05, 0) is 0 Å². The molecule has 1 rings (SSSR count). The molecule has 0 saturated heterocycles. The largest absolute Gasteiger partial charge is 0.200 e. The zero-order valence-electron chi connectivity index (χ0n) is 8.39. The van der Waals surface area contributed by atoms with Crippen molar-refractivity contribution in [2.24, 2.45) is 21.1 Å². The van der Waals surface area contributed by atoms with Crippen molar-refractivity contribution in [1.29, 1.82) is 0 Å². The highest BCUT2D eigenvalue weighted by atomic mass is 15.5. The first-order valence-electron chi connectivity index (χ1n) is 4.15. The van der Waals surface area contributed by atoms with E-state index in [4.69, 9.17) is 0 Å². The quantitative estimate of drug-likeness (QED) is 0.511. The van der Waals surface area contributed by atoms with Crippen LogP contribution in [0.5, 0.6) is 0 Å². The highest BCUT2D eigenvalue weighted by Crippen LogP contribution is 2.55. The lowest BCUT2D eigenvalue weighted by Gasteiger charge is -2.36. The maximum absolute atomic E-state index is 4.20. The first kappa shape index (κ1) is 8.69. The third-order valence-corrected chi connectivity index (χ3v) is 2.39. The molecule has 0 atom stereocenters. The van der Waals surface area contributed by atoms with E-state index in [9.17, 15) is 0 Å². The van der Waals surface area contributed by atoms with Gasteiger partial charge in [0.2, 0.25) is 0 Å². The second-order valence-electron chi connectivity index (χ2n) is 5.37. The molecule has 2 heteroatoms. The van der Waals surface area contributed by atoms with Crippen molar-refractivity contribution >= 4 is 0 Å². The fraction of sp³-hybridized carbons (Fsp3) is 1.00. The summed E-state index contributed by atoms with van der Waals surface area (Å²) in [4.78, 5) is 0. The molecule has 0 amide bonds. The van der Waals surface area contributed by atoms with Crippen LogP contribution in [0.1, 0.15) is 41.5 Å². The predicted octanol–water partition coefficient (Wildman–Crippen LogP) is 3.24. The van der Waals surface area contributed by atoms with Gasteiger partial charge in [0.1, 0.15) is 0 Å². The van der Waals surface area contributed by atoms with Gasteiger partial charge >= 0.3 is 0 Å². The number of nitrogens with zero attached hydrogens (tertiary/aromatic N) is 2. The molecule has 0 aromatic carbocycles. The lowest BCUT2D eigenvalue weighted by atomic mass is 9.69. The Morgan fingerprint density at radius 1 is 0.727 bits per heavy atom. The fourth-order valence-corrected chi connectivity index (χ4v) is 1.78. The van der Waals surface area contributed by atoms with Gasteiger partial charge in [0, 0.05) is 10.8 Å². The minimum atomic E-state index is -0.125. The average Bonchev–Trinajstić information content (AvgIpc) is 2.31. The number of hydrogen-bond donors (Lipinski definition) is 0. The third kappa shape index (κ3) is 1.09. The van der Waals surface area contributed by atoms with Crippen LogP contribution in [0.2, 0.25) is 0 Å². The minimum absolute atomic E-state index is 0.125. The fourth-order valence-electron chi connectivity index (χ4n) is 1.78. The van der Waals surface area contributed by atoms with Gasteiger partial charge in [-0.15, -0.1) is 0 Å². The maximum Gasteiger partial charge on any atom is 0.200 e. The molecule has 0 spiro atoms. The van der Waals surface area contributed by atoms with Gasteiger partial charge < -0.3 is 0 Å². The molecule has 2 nitrogen and oxygen atoms in total. The van der Waals surface area contributed by atoms with Crippen molar-refractivity contribution in [3.63, 3.8) is 0 Å². The smallest absolute Gasteiger partial charge is 0.158 e. The van der Waals surface area contributed by atoms with E-state index in [1.165, 1.54) is 0 Å². The van der Waals surface area contributed by atoms with Crippen LogP contribution < -0.4 is 0 Å². The van der Waals surface area contributed by atoms with Crippen molar-refractivity contribution < 1.29 is 0 Å². The van der Waals surface area contributed by atoms with E-state index >= 15 is 0 Å². The second-order valence-corrected chi connectivity index (χ2v) is 5.37. The van der Waals surface area contributed by atoms with Crippen LogP contribution in [0.15, 0.2) is 10.2 Å². The summed E-state index contributed by atoms with van der Waals surface area (Å²) >= 11 is 0. The predicted molar refractivity (Wildman–Crippen MR) is 46.5 cm³/mol. The van der Waals surface area contributed by atoms with Gasteiger partial charge in [-0.25, -0.2) is 0 Å². The Morgan fingerprint density at radius 3 is 1.00 bits per heavy atom. The SMILES string of the molecule is CC(C)(C)C1(C(C)(C)C)N=N1. The monoisotopic (exact) mass is 154 g/mol. The highest BCUT2D eigenvalue weighted by Gasteiger charge is 2.59. The van der Waals surface area contributed by atoms with Gasteiger partial charge in [0.15, 0.2) is 5.66 Å². The zero-order valence-corrected chi connectivity index (χ0v) is 8.39. The van der Waals surface area contributed by atoms with E-state index < -0.39 is 0 Å². The summed E-state index contributed by atoms with van der Waals surface area (Å²) in [7, 11) is 0. The normalized spacial score (nSPS) is 22.0. The Hall–Kier alpha value is -0.400. The molecule has 1 aliphatic rings. The average molecular weight is 154 g/mol. The van der Waals surface area contributed by atoms with E-state index in [-0.39, 0.29) is 16.5 Å². The molecule has 0 unspecified atom stereocenters. The summed E-state index contributed by atoms with van der Waals surface area (Å²) in [6.07, 6.45) is 0. The van der Waals surface area contributed by atoms with Gasteiger partial charge in [-0.3, -0.25) is 0 Å². The molecular formula is C9H18N2. The van der Waals surface area contributed by atoms with Crippen LogP contribution in [0.3, 0.4) is 0 Å². The Morgan fingerprint density at radius 2 is 1.00 bits per heavy atom. The van der Waals surface area contributed by atoms with Crippen LogP contribution in [-0.2, 0) is 0 Å². The Balaban J connectivity index is 2.86. The van der Waals surface area contributed by atoms with Crippen molar-refractivity contribution in [3.8, 4) is 0 Å². The molecule has 0 N–H and O–H groups in total. The second kappa shape index (κ2) is 1.85. The molecule has 1 aliphatic heterocycles. The van der Waals surface area contributed by atoms with Gasteiger partial charge in [0.05, 0.1) is 0 Å².